The number of hydrogen-bond acceptors (Lipinski definition) is 1. The summed E-state index contributed by atoms with van der Waals surface area (Å²) in [4.78, 5) is 0. The smallest absolute Gasteiger partial charge is 0.0438 e. The first-order valence-corrected chi connectivity index (χ1v) is 5.46. The second-order valence-corrected chi connectivity index (χ2v) is 4.23. The van der Waals surface area contributed by atoms with Gasteiger partial charge in [-0.2, -0.15) is 0 Å². The van der Waals surface area contributed by atoms with Crippen molar-refractivity contribution in [1.29, 1.82) is 0 Å². The summed E-state index contributed by atoms with van der Waals surface area (Å²) in [7, 11) is 0. The van der Waals surface area contributed by atoms with Crippen LogP contribution < -0.4 is 5.73 Å². The lowest BCUT2D eigenvalue weighted by atomic mass is 9.85. The molecule has 0 bridgehead atoms. The van der Waals surface area contributed by atoms with Gasteiger partial charge in [-0.3, -0.25) is 0 Å². The summed E-state index contributed by atoms with van der Waals surface area (Å²) in [5.41, 5.74) is 8.29. The molecule has 1 rings (SSSR count). The Balaban J connectivity index is 3.12. The average molecular weight is 212 g/mol. The van der Waals surface area contributed by atoms with Crippen LogP contribution in [0.15, 0.2) is 18.2 Å². The van der Waals surface area contributed by atoms with Gasteiger partial charge in [-0.15, -0.1) is 0 Å². The highest BCUT2D eigenvalue weighted by atomic mass is 35.5. The van der Waals surface area contributed by atoms with Crippen LogP contribution in [0.2, 0.25) is 5.02 Å². The molecule has 1 aromatic rings. The summed E-state index contributed by atoms with van der Waals surface area (Å²) in [6.07, 6.45) is 1.87. The quantitative estimate of drug-likeness (QED) is 0.812. The molecular formula is C12H18ClN. The van der Waals surface area contributed by atoms with E-state index in [1.54, 1.807) is 0 Å². The van der Waals surface area contributed by atoms with E-state index >= 15 is 0 Å². The third-order valence-corrected chi connectivity index (χ3v) is 3.42. The third-order valence-electron chi connectivity index (χ3n) is 3.01. The van der Waals surface area contributed by atoms with Crippen LogP contribution in [0.5, 0.6) is 0 Å². The molecule has 0 fully saturated rings. The molecule has 0 aliphatic rings. The Hall–Kier alpha value is -0.530. The number of halogens is 1. The molecule has 2 N–H and O–H groups in total. The Morgan fingerprint density at radius 1 is 1.29 bits per heavy atom. The van der Waals surface area contributed by atoms with E-state index in [0.717, 1.165) is 29.0 Å². The van der Waals surface area contributed by atoms with E-state index in [4.69, 9.17) is 17.3 Å². The maximum absolute atomic E-state index is 6.28. The number of nitrogens with two attached hydrogens (primary N) is 1. The minimum atomic E-state index is -0.225. The van der Waals surface area contributed by atoms with Gasteiger partial charge in [-0.1, -0.05) is 37.6 Å². The molecule has 0 unspecified atom stereocenters. The van der Waals surface area contributed by atoms with E-state index in [-0.39, 0.29) is 5.54 Å². The zero-order valence-corrected chi connectivity index (χ0v) is 9.86. The van der Waals surface area contributed by atoms with Crippen LogP contribution in [0.1, 0.15) is 37.8 Å². The van der Waals surface area contributed by atoms with Crippen molar-refractivity contribution in [1.82, 2.24) is 0 Å². The van der Waals surface area contributed by atoms with Gasteiger partial charge >= 0.3 is 0 Å². The van der Waals surface area contributed by atoms with Crippen LogP contribution in [0.25, 0.3) is 0 Å². The minimum absolute atomic E-state index is 0.225. The minimum Gasteiger partial charge on any atom is -0.321 e. The summed E-state index contributed by atoms with van der Waals surface area (Å²) in [5.74, 6) is 0. The second-order valence-electron chi connectivity index (χ2n) is 3.83. The van der Waals surface area contributed by atoms with E-state index in [9.17, 15) is 0 Å². The van der Waals surface area contributed by atoms with Crippen LogP contribution >= 0.6 is 11.6 Å². The van der Waals surface area contributed by atoms with Crippen LogP contribution in [-0.4, -0.2) is 0 Å². The summed E-state index contributed by atoms with van der Waals surface area (Å²) in [5, 5.41) is 0.805. The first-order chi connectivity index (χ1) is 6.53. The highest BCUT2D eigenvalue weighted by Gasteiger charge is 2.22. The van der Waals surface area contributed by atoms with E-state index in [1.807, 2.05) is 19.1 Å². The van der Waals surface area contributed by atoms with Gasteiger partial charge in [-0.05, 0) is 37.0 Å². The maximum atomic E-state index is 6.28. The molecule has 0 atom stereocenters. The molecule has 0 saturated heterocycles. The normalized spacial score (nSPS) is 11.8. The predicted molar refractivity (Wildman–Crippen MR) is 62.6 cm³/mol. The highest BCUT2D eigenvalue weighted by Crippen LogP contribution is 2.28. The first kappa shape index (κ1) is 11.5. The predicted octanol–water partition coefficient (Wildman–Crippen LogP) is 3.62. The van der Waals surface area contributed by atoms with Crippen molar-refractivity contribution in [2.24, 2.45) is 5.73 Å². The van der Waals surface area contributed by atoms with Crippen molar-refractivity contribution in [3.8, 4) is 0 Å². The molecule has 0 aliphatic heterocycles. The van der Waals surface area contributed by atoms with Crippen LogP contribution in [0.4, 0.5) is 0 Å². The zero-order valence-electron chi connectivity index (χ0n) is 9.10. The molecule has 0 aliphatic carbocycles. The standard InChI is InChI=1S/C12H18ClN/c1-4-12(14,5-2)10-7-6-9(3)11(13)8-10/h6-8H,4-5,14H2,1-3H3. The molecule has 0 amide bonds. The van der Waals surface area contributed by atoms with E-state index in [0.29, 0.717) is 0 Å². The molecule has 14 heavy (non-hydrogen) atoms. The fourth-order valence-corrected chi connectivity index (χ4v) is 1.74. The van der Waals surface area contributed by atoms with E-state index in [2.05, 4.69) is 19.9 Å². The van der Waals surface area contributed by atoms with Crippen molar-refractivity contribution in [3.63, 3.8) is 0 Å². The molecule has 1 aromatic carbocycles. The molecule has 0 heterocycles. The fourth-order valence-electron chi connectivity index (χ4n) is 1.56. The SMILES string of the molecule is CCC(N)(CC)c1ccc(C)c(Cl)c1. The van der Waals surface area contributed by atoms with Crippen LogP contribution in [0.3, 0.4) is 0 Å². The largest absolute Gasteiger partial charge is 0.321 e. The molecule has 0 aromatic heterocycles. The Kier molecular flexibility index (Phi) is 3.57. The third kappa shape index (κ3) is 2.10. The van der Waals surface area contributed by atoms with Crippen LogP contribution in [0, 0.1) is 6.92 Å². The van der Waals surface area contributed by atoms with Crippen molar-refractivity contribution in [2.45, 2.75) is 39.2 Å². The van der Waals surface area contributed by atoms with Gasteiger partial charge in [-0.25, -0.2) is 0 Å². The lowest BCUT2D eigenvalue weighted by Gasteiger charge is -2.27. The molecule has 1 nitrogen and oxygen atoms in total. The van der Waals surface area contributed by atoms with Crippen molar-refractivity contribution in [2.75, 3.05) is 0 Å². The monoisotopic (exact) mass is 211 g/mol. The number of benzene rings is 1. The van der Waals surface area contributed by atoms with Gasteiger partial charge < -0.3 is 5.73 Å². The van der Waals surface area contributed by atoms with Gasteiger partial charge in [0.2, 0.25) is 0 Å². The Morgan fingerprint density at radius 3 is 2.29 bits per heavy atom. The molecular weight excluding hydrogens is 194 g/mol. The lowest BCUT2D eigenvalue weighted by Crippen LogP contribution is -2.35. The van der Waals surface area contributed by atoms with Crippen molar-refractivity contribution >= 4 is 11.6 Å². The highest BCUT2D eigenvalue weighted by molar-refractivity contribution is 6.31. The first-order valence-electron chi connectivity index (χ1n) is 5.09. The summed E-state index contributed by atoms with van der Waals surface area (Å²) in [6, 6.07) is 6.10. The molecule has 2 heteroatoms. The summed E-state index contributed by atoms with van der Waals surface area (Å²) in [6.45, 7) is 6.22. The molecule has 0 saturated carbocycles. The average Bonchev–Trinajstić information content (AvgIpc) is 2.21. The van der Waals surface area contributed by atoms with Crippen molar-refractivity contribution in [3.05, 3.63) is 34.3 Å². The zero-order chi connectivity index (χ0) is 10.8. The van der Waals surface area contributed by atoms with Gasteiger partial charge in [0.25, 0.3) is 0 Å². The van der Waals surface area contributed by atoms with Gasteiger partial charge in [0, 0.05) is 10.6 Å². The van der Waals surface area contributed by atoms with Crippen LogP contribution in [-0.2, 0) is 5.54 Å². The Labute approximate surface area is 91.3 Å². The van der Waals surface area contributed by atoms with Gasteiger partial charge in [0.15, 0.2) is 0 Å². The number of aryl methyl sites for hydroxylation is 1. The molecule has 78 valence electrons. The topological polar surface area (TPSA) is 26.0 Å². The Morgan fingerprint density at radius 2 is 1.86 bits per heavy atom. The fraction of sp³-hybridized carbons (Fsp3) is 0.500. The van der Waals surface area contributed by atoms with E-state index < -0.39 is 0 Å². The second kappa shape index (κ2) is 4.33. The van der Waals surface area contributed by atoms with E-state index in [1.165, 1.54) is 0 Å². The number of hydrogen-bond donors (Lipinski definition) is 1. The van der Waals surface area contributed by atoms with Crippen molar-refractivity contribution < 1.29 is 0 Å². The summed E-state index contributed by atoms with van der Waals surface area (Å²) < 4.78 is 0. The molecule has 0 radical (unpaired) electrons. The number of rotatable bonds is 3. The Bertz CT molecular complexity index is 316. The molecule has 0 spiro atoms. The summed E-state index contributed by atoms with van der Waals surface area (Å²) >= 11 is 6.08. The van der Waals surface area contributed by atoms with Gasteiger partial charge in [0.1, 0.15) is 0 Å². The van der Waals surface area contributed by atoms with Gasteiger partial charge in [0.05, 0.1) is 0 Å². The lowest BCUT2D eigenvalue weighted by molar-refractivity contribution is 0.413. The maximum Gasteiger partial charge on any atom is 0.0438 e.